The summed E-state index contributed by atoms with van der Waals surface area (Å²) in [5.41, 5.74) is 5.32. The summed E-state index contributed by atoms with van der Waals surface area (Å²) >= 11 is 0. The van der Waals surface area contributed by atoms with Crippen molar-refractivity contribution in [3.8, 4) is 0 Å². The molecule has 0 bridgehead atoms. The first-order valence-electron chi connectivity index (χ1n) is 4.39. The molecule has 0 aliphatic carbocycles. The summed E-state index contributed by atoms with van der Waals surface area (Å²) in [5, 5.41) is 13.9. The van der Waals surface area contributed by atoms with Gasteiger partial charge in [0.1, 0.15) is 5.84 Å². The lowest BCUT2D eigenvalue weighted by atomic mass is 10.1. The third-order valence-corrected chi connectivity index (χ3v) is 1.76. The van der Waals surface area contributed by atoms with Gasteiger partial charge in [0, 0.05) is 18.9 Å². The Morgan fingerprint density at radius 2 is 2.23 bits per heavy atom. The molecule has 0 radical (unpaired) electrons. The van der Waals surface area contributed by atoms with Gasteiger partial charge in [-0.2, -0.15) is 0 Å². The largest absolute Gasteiger partial charge is 0.409 e. The molecule has 4 N–H and O–H groups in total. The number of carbonyl (C=O) groups is 1. The maximum absolute atomic E-state index is 11.0. The number of carbonyl (C=O) groups excluding carboxylic acids is 1. The van der Waals surface area contributed by atoms with Gasteiger partial charge in [-0.3, -0.25) is 4.79 Å². The van der Waals surface area contributed by atoms with E-state index >= 15 is 0 Å². The Balaban J connectivity index is 3.96. The summed E-state index contributed by atoms with van der Waals surface area (Å²) in [5.74, 6) is 0.126. The van der Waals surface area contributed by atoms with Crippen LogP contribution >= 0.6 is 0 Å². The number of nitrogens with zero attached hydrogens (tertiary/aromatic N) is 1. The van der Waals surface area contributed by atoms with Crippen LogP contribution in [0.4, 0.5) is 0 Å². The summed E-state index contributed by atoms with van der Waals surface area (Å²) in [4.78, 5) is 11.0. The van der Waals surface area contributed by atoms with Crippen LogP contribution in [0.2, 0.25) is 0 Å². The molecule has 0 aromatic rings. The normalized spacial score (nSPS) is 13.8. The van der Waals surface area contributed by atoms with E-state index in [-0.39, 0.29) is 17.8 Å². The molecule has 0 saturated heterocycles. The average molecular weight is 187 g/mol. The van der Waals surface area contributed by atoms with Gasteiger partial charge >= 0.3 is 0 Å². The Labute approximate surface area is 78.0 Å². The van der Waals surface area contributed by atoms with E-state index in [0.29, 0.717) is 12.8 Å². The first-order valence-corrected chi connectivity index (χ1v) is 4.39. The van der Waals surface area contributed by atoms with Crippen molar-refractivity contribution in [2.24, 2.45) is 10.9 Å². The average Bonchev–Trinajstić information content (AvgIpc) is 2.16. The van der Waals surface area contributed by atoms with Crippen molar-refractivity contribution in [1.29, 1.82) is 0 Å². The second-order valence-corrected chi connectivity index (χ2v) is 2.82. The third kappa shape index (κ3) is 5.05. The topological polar surface area (TPSA) is 87.7 Å². The van der Waals surface area contributed by atoms with E-state index in [2.05, 4.69) is 10.5 Å². The Bertz CT molecular complexity index is 192. The van der Waals surface area contributed by atoms with Crippen molar-refractivity contribution in [1.82, 2.24) is 5.32 Å². The zero-order valence-corrected chi connectivity index (χ0v) is 8.08. The Hall–Kier alpha value is -1.26. The van der Waals surface area contributed by atoms with Gasteiger partial charge in [-0.05, 0) is 6.42 Å². The standard InChI is InChI=1S/C8H17N3O2/c1-3-6(5-7(9)11-13)10-8(12)4-2/h6,13H,3-5H2,1-2H3,(H2,9,11)(H,10,12). The van der Waals surface area contributed by atoms with Gasteiger partial charge in [-0.1, -0.05) is 19.0 Å². The minimum Gasteiger partial charge on any atom is -0.409 e. The Kier molecular flexibility index (Phi) is 5.67. The minimum atomic E-state index is -0.0386. The fraction of sp³-hybridized carbons (Fsp3) is 0.750. The minimum absolute atomic E-state index is 0.0161. The van der Waals surface area contributed by atoms with Crippen LogP contribution in [0.25, 0.3) is 0 Å². The molecule has 1 atom stereocenters. The summed E-state index contributed by atoms with van der Waals surface area (Å²) in [6.07, 6.45) is 1.60. The first kappa shape index (κ1) is 11.7. The third-order valence-electron chi connectivity index (χ3n) is 1.76. The maximum Gasteiger partial charge on any atom is 0.219 e. The number of nitrogens with two attached hydrogens (primary N) is 1. The summed E-state index contributed by atoms with van der Waals surface area (Å²) < 4.78 is 0. The molecular formula is C8H17N3O2. The highest BCUT2D eigenvalue weighted by Gasteiger charge is 2.10. The number of hydrogen-bond donors (Lipinski definition) is 3. The molecule has 0 spiro atoms. The van der Waals surface area contributed by atoms with Gasteiger partial charge in [0.25, 0.3) is 0 Å². The van der Waals surface area contributed by atoms with Gasteiger partial charge in [-0.15, -0.1) is 0 Å². The molecule has 5 nitrogen and oxygen atoms in total. The molecular weight excluding hydrogens is 170 g/mol. The quantitative estimate of drug-likeness (QED) is 0.252. The fourth-order valence-corrected chi connectivity index (χ4v) is 0.920. The first-order chi connectivity index (χ1) is 6.13. The van der Waals surface area contributed by atoms with Crippen LogP contribution in [0, 0.1) is 0 Å². The highest BCUT2D eigenvalue weighted by atomic mass is 16.4. The van der Waals surface area contributed by atoms with E-state index in [0.717, 1.165) is 6.42 Å². The van der Waals surface area contributed by atoms with Gasteiger partial charge in [-0.25, -0.2) is 0 Å². The van der Waals surface area contributed by atoms with Crippen LogP contribution in [0.1, 0.15) is 33.1 Å². The van der Waals surface area contributed by atoms with E-state index < -0.39 is 0 Å². The van der Waals surface area contributed by atoms with Crippen LogP contribution in [0.3, 0.4) is 0 Å². The molecule has 0 saturated carbocycles. The predicted octanol–water partition coefficient (Wildman–Crippen LogP) is 0.428. The lowest BCUT2D eigenvalue weighted by Gasteiger charge is -2.15. The van der Waals surface area contributed by atoms with Crippen molar-refractivity contribution in [3.63, 3.8) is 0 Å². The lowest BCUT2D eigenvalue weighted by molar-refractivity contribution is -0.121. The fourth-order valence-electron chi connectivity index (χ4n) is 0.920. The van der Waals surface area contributed by atoms with Crippen molar-refractivity contribution < 1.29 is 10.0 Å². The van der Waals surface area contributed by atoms with Crippen molar-refractivity contribution in [2.45, 2.75) is 39.2 Å². The molecule has 0 aliphatic heterocycles. The van der Waals surface area contributed by atoms with E-state index in [1.807, 2.05) is 6.92 Å². The predicted molar refractivity (Wildman–Crippen MR) is 50.5 cm³/mol. The highest BCUT2D eigenvalue weighted by Crippen LogP contribution is 1.97. The number of hydrogen-bond acceptors (Lipinski definition) is 3. The number of nitrogens with one attached hydrogen (secondary N) is 1. The molecule has 0 fully saturated rings. The molecule has 0 aliphatic rings. The number of amides is 1. The molecule has 1 amide bonds. The molecule has 1 unspecified atom stereocenters. The molecule has 0 aromatic carbocycles. The Morgan fingerprint density at radius 3 is 2.62 bits per heavy atom. The van der Waals surface area contributed by atoms with Crippen molar-refractivity contribution in [2.75, 3.05) is 0 Å². The monoisotopic (exact) mass is 187 g/mol. The molecule has 5 heteroatoms. The number of amidine groups is 1. The zero-order valence-electron chi connectivity index (χ0n) is 8.08. The summed E-state index contributed by atoms with van der Waals surface area (Å²) in [6.45, 7) is 3.72. The van der Waals surface area contributed by atoms with Gasteiger partial charge in [0.15, 0.2) is 0 Å². The number of rotatable bonds is 5. The van der Waals surface area contributed by atoms with Crippen LogP contribution in [-0.2, 0) is 4.79 Å². The van der Waals surface area contributed by atoms with E-state index in [1.54, 1.807) is 6.92 Å². The molecule has 0 aromatic heterocycles. The molecule has 13 heavy (non-hydrogen) atoms. The van der Waals surface area contributed by atoms with Crippen molar-refractivity contribution in [3.05, 3.63) is 0 Å². The van der Waals surface area contributed by atoms with Crippen LogP contribution in [-0.4, -0.2) is 23.0 Å². The van der Waals surface area contributed by atoms with Gasteiger partial charge in [0.05, 0.1) is 0 Å². The van der Waals surface area contributed by atoms with E-state index in [1.165, 1.54) is 0 Å². The molecule has 0 rings (SSSR count). The van der Waals surface area contributed by atoms with Crippen LogP contribution < -0.4 is 11.1 Å². The maximum atomic E-state index is 11.0. The zero-order chi connectivity index (χ0) is 10.3. The van der Waals surface area contributed by atoms with Gasteiger partial charge in [0.2, 0.25) is 5.91 Å². The van der Waals surface area contributed by atoms with E-state index in [4.69, 9.17) is 10.9 Å². The van der Waals surface area contributed by atoms with Crippen molar-refractivity contribution >= 4 is 11.7 Å². The summed E-state index contributed by atoms with van der Waals surface area (Å²) in [6, 6.07) is -0.0386. The lowest BCUT2D eigenvalue weighted by Crippen LogP contribution is -2.37. The molecule has 0 heterocycles. The summed E-state index contributed by atoms with van der Waals surface area (Å²) in [7, 11) is 0. The van der Waals surface area contributed by atoms with Crippen LogP contribution in [0.5, 0.6) is 0 Å². The SMILES string of the molecule is CCC(=O)NC(CC)CC(N)=NO. The van der Waals surface area contributed by atoms with Gasteiger partial charge < -0.3 is 16.3 Å². The van der Waals surface area contributed by atoms with Crippen LogP contribution in [0.15, 0.2) is 5.16 Å². The second kappa shape index (κ2) is 6.28. The number of oxime groups is 1. The van der Waals surface area contributed by atoms with E-state index in [9.17, 15) is 4.79 Å². The molecule has 76 valence electrons. The Morgan fingerprint density at radius 1 is 1.62 bits per heavy atom. The highest BCUT2D eigenvalue weighted by molar-refractivity contribution is 5.81. The smallest absolute Gasteiger partial charge is 0.219 e. The second-order valence-electron chi connectivity index (χ2n) is 2.82.